The van der Waals surface area contributed by atoms with Crippen LogP contribution in [-0.2, 0) is 14.8 Å². The Bertz CT molecular complexity index is 929. The van der Waals surface area contributed by atoms with Gasteiger partial charge in [0.1, 0.15) is 0 Å². The summed E-state index contributed by atoms with van der Waals surface area (Å²) in [5.74, 6) is -0.665. The number of carbonyl (C=O) groups excluding carboxylic acids is 2. The van der Waals surface area contributed by atoms with Crippen molar-refractivity contribution in [2.45, 2.75) is 12.8 Å². The van der Waals surface area contributed by atoms with E-state index in [-0.39, 0.29) is 18.2 Å². The van der Waals surface area contributed by atoms with Crippen LogP contribution >= 0.6 is 0 Å². The molecule has 0 spiro atoms. The third-order valence-electron chi connectivity index (χ3n) is 4.21. The Kier molecular flexibility index (Phi) is 5.75. The van der Waals surface area contributed by atoms with E-state index in [9.17, 15) is 18.0 Å². The number of hydrogen-bond acceptors (Lipinski definition) is 4. The lowest BCUT2D eigenvalue weighted by atomic mass is 10.2. The molecule has 0 unspecified atom stereocenters. The molecular weight excluding hydrogens is 366 g/mol. The maximum atomic E-state index is 12.3. The molecule has 27 heavy (non-hydrogen) atoms. The first-order chi connectivity index (χ1) is 13.0. The lowest BCUT2D eigenvalue weighted by molar-refractivity contribution is -0.115. The smallest absolute Gasteiger partial charge is 0.251 e. The molecule has 142 valence electrons. The van der Waals surface area contributed by atoms with Crippen molar-refractivity contribution in [3.8, 4) is 0 Å². The molecule has 3 rings (SSSR count). The molecule has 0 aromatic heterocycles. The molecule has 7 nitrogen and oxygen atoms in total. The van der Waals surface area contributed by atoms with E-state index < -0.39 is 15.9 Å². The zero-order valence-corrected chi connectivity index (χ0v) is 15.5. The highest BCUT2D eigenvalue weighted by Gasteiger charge is 2.26. The second-order valence-electron chi connectivity index (χ2n) is 6.24. The van der Waals surface area contributed by atoms with Gasteiger partial charge in [0.05, 0.1) is 18.0 Å². The van der Waals surface area contributed by atoms with Crippen molar-refractivity contribution in [3.05, 3.63) is 60.2 Å². The van der Waals surface area contributed by atoms with Gasteiger partial charge in [-0.3, -0.25) is 13.9 Å². The summed E-state index contributed by atoms with van der Waals surface area (Å²) in [6.45, 7) is 0.229. The third kappa shape index (κ3) is 4.85. The highest BCUT2D eigenvalue weighted by molar-refractivity contribution is 7.92. The number of amides is 2. The predicted molar refractivity (Wildman–Crippen MR) is 104 cm³/mol. The molecule has 2 amide bonds. The first kappa shape index (κ1) is 18.9. The zero-order valence-electron chi connectivity index (χ0n) is 14.7. The number of sulfonamides is 1. The standard InChI is InChI=1S/C19H21N3O4S/c23-18(21-16-8-2-1-3-9-16)14-20-19(24)15-7-6-10-17(13-15)22-11-4-5-12-27(22,25)26/h1-3,6-10,13H,4-5,11-12,14H2,(H,20,24)(H,21,23). The molecule has 1 fully saturated rings. The van der Waals surface area contributed by atoms with Crippen LogP contribution in [0.5, 0.6) is 0 Å². The van der Waals surface area contributed by atoms with Gasteiger partial charge in [-0.05, 0) is 43.2 Å². The first-order valence-electron chi connectivity index (χ1n) is 8.69. The number of hydrogen-bond donors (Lipinski definition) is 2. The van der Waals surface area contributed by atoms with Crippen LogP contribution in [0.3, 0.4) is 0 Å². The Labute approximate surface area is 158 Å². The fraction of sp³-hybridized carbons (Fsp3) is 0.263. The van der Waals surface area contributed by atoms with Crippen LogP contribution in [0, 0.1) is 0 Å². The number of rotatable bonds is 5. The maximum Gasteiger partial charge on any atom is 0.251 e. The number of anilines is 2. The van der Waals surface area contributed by atoms with Gasteiger partial charge in [-0.25, -0.2) is 8.42 Å². The van der Waals surface area contributed by atoms with Gasteiger partial charge in [0.25, 0.3) is 5.91 Å². The second-order valence-corrected chi connectivity index (χ2v) is 8.26. The quantitative estimate of drug-likeness (QED) is 0.820. The van der Waals surface area contributed by atoms with E-state index in [2.05, 4.69) is 10.6 Å². The van der Waals surface area contributed by atoms with Crippen molar-refractivity contribution >= 4 is 33.2 Å². The Balaban J connectivity index is 1.63. The SMILES string of the molecule is O=C(CNC(=O)c1cccc(N2CCCCS2(=O)=O)c1)Nc1ccccc1. The molecule has 8 heteroatoms. The van der Waals surface area contributed by atoms with Crippen molar-refractivity contribution in [3.63, 3.8) is 0 Å². The molecule has 2 N–H and O–H groups in total. The molecule has 0 saturated carbocycles. The largest absolute Gasteiger partial charge is 0.343 e. The number of carbonyl (C=O) groups is 2. The topological polar surface area (TPSA) is 95.6 Å². The number of nitrogens with zero attached hydrogens (tertiary/aromatic N) is 1. The molecule has 0 bridgehead atoms. The summed E-state index contributed by atoms with van der Waals surface area (Å²) in [6.07, 6.45) is 1.44. The average Bonchev–Trinajstić information content (AvgIpc) is 2.66. The Hall–Kier alpha value is -2.87. The molecule has 2 aromatic rings. The molecule has 1 aliphatic heterocycles. The lowest BCUT2D eigenvalue weighted by Gasteiger charge is -2.28. The summed E-state index contributed by atoms with van der Waals surface area (Å²) in [6, 6.07) is 15.4. The third-order valence-corrected chi connectivity index (χ3v) is 6.08. The van der Waals surface area contributed by atoms with Crippen LogP contribution in [0.1, 0.15) is 23.2 Å². The van der Waals surface area contributed by atoms with Crippen LogP contribution < -0.4 is 14.9 Å². The van der Waals surface area contributed by atoms with Crippen LogP contribution in [0.25, 0.3) is 0 Å². The van der Waals surface area contributed by atoms with E-state index in [1.807, 2.05) is 6.07 Å². The van der Waals surface area contributed by atoms with Gasteiger partial charge in [0.15, 0.2) is 0 Å². The molecule has 0 aliphatic carbocycles. The molecule has 0 radical (unpaired) electrons. The molecule has 2 aromatic carbocycles. The normalized spacial score (nSPS) is 15.8. The predicted octanol–water partition coefficient (Wildman–Crippen LogP) is 1.99. The number of benzene rings is 2. The minimum Gasteiger partial charge on any atom is -0.343 e. The summed E-state index contributed by atoms with van der Waals surface area (Å²) >= 11 is 0. The van der Waals surface area contributed by atoms with E-state index in [0.717, 1.165) is 6.42 Å². The Morgan fingerprint density at radius 2 is 1.78 bits per heavy atom. The van der Waals surface area contributed by atoms with Crippen molar-refractivity contribution in [1.29, 1.82) is 0 Å². The van der Waals surface area contributed by atoms with E-state index in [1.54, 1.807) is 42.5 Å². The van der Waals surface area contributed by atoms with E-state index >= 15 is 0 Å². The number of nitrogens with one attached hydrogen (secondary N) is 2. The fourth-order valence-electron chi connectivity index (χ4n) is 2.87. The average molecular weight is 387 g/mol. The lowest BCUT2D eigenvalue weighted by Crippen LogP contribution is -2.38. The monoisotopic (exact) mass is 387 g/mol. The molecule has 1 saturated heterocycles. The minimum absolute atomic E-state index is 0.114. The molecule has 0 atom stereocenters. The van der Waals surface area contributed by atoms with Crippen LogP contribution in [0.2, 0.25) is 0 Å². The van der Waals surface area contributed by atoms with E-state index in [1.165, 1.54) is 10.4 Å². The van der Waals surface area contributed by atoms with Crippen LogP contribution in [0.4, 0.5) is 11.4 Å². The molecule has 1 aliphatic rings. The van der Waals surface area contributed by atoms with Crippen molar-refractivity contribution in [2.24, 2.45) is 0 Å². The summed E-state index contributed by atoms with van der Waals surface area (Å²) in [7, 11) is -3.34. The zero-order chi connectivity index (χ0) is 19.3. The van der Waals surface area contributed by atoms with Crippen LogP contribution in [-0.4, -0.2) is 39.1 Å². The summed E-state index contributed by atoms with van der Waals surface area (Å²) in [5, 5.41) is 5.23. The Morgan fingerprint density at radius 1 is 1.00 bits per heavy atom. The van der Waals surface area contributed by atoms with Gasteiger partial charge >= 0.3 is 0 Å². The van der Waals surface area contributed by atoms with Crippen LogP contribution in [0.15, 0.2) is 54.6 Å². The van der Waals surface area contributed by atoms with Gasteiger partial charge in [0, 0.05) is 17.8 Å². The van der Waals surface area contributed by atoms with E-state index in [4.69, 9.17) is 0 Å². The maximum absolute atomic E-state index is 12.3. The second kappa shape index (κ2) is 8.22. The van der Waals surface area contributed by atoms with Gasteiger partial charge in [0.2, 0.25) is 15.9 Å². The Morgan fingerprint density at radius 3 is 2.52 bits per heavy atom. The van der Waals surface area contributed by atoms with Crippen molar-refractivity contribution in [1.82, 2.24) is 5.32 Å². The van der Waals surface area contributed by atoms with E-state index in [0.29, 0.717) is 29.9 Å². The highest BCUT2D eigenvalue weighted by Crippen LogP contribution is 2.24. The number of para-hydroxylation sites is 1. The summed E-state index contributed by atoms with van der Waals surface area (Å²) in [5.41, 5.74) is 1.42. The van der Waals surface area contributed by atoms with Gasteiger partial charge in [-0.15, -0.1) is 0 Å². The van der Waals surface area contributed by atoms with Gasteiger partial charge in [-0.1, -0.05) is 24.3 Å². The highest BCUT2D eigenvalue weighted by atomic mass is 32.2. The fourth-order valence-corrected chi connectivity index (χ4v) is 4.50. The minimum atomic E-state index is -3.34. The summed E-state index contributed by atoms with van der Waals surface area (Å²) < 4.78 is 25.8. The summed E-state index contributed by atoms with van der Waals surface area (Å²) in [4.78, 5) is 24.3. The van der Waals surface area contributed by atoms with Gasteiger partial charge in [-0.2, -0.15) is 0 Å². The molecule has 1 heterocycles. The van der Waals surface area contributed by atoms with Crippen molar-refractivity contribution < 1.29 is 18.0 Å². The van der Waals surface area contributed by atoms with Gasteiger partial charge < -0.3 is 10.6 Å². The molecular formula is C19H21N3O4S. The van der Waals surface area contributed by atoms with Crippen molar-refractivity contribution in [2.75, 3.05) is 28.5 Å². The first-order valence-corrected chi connectivity index (χ1v) is 10.3.